The molecule has 0 atom stereocenters. The van der Waals surface area contributed by atoms with Gasteiger partial charge in [-0.1, -0.05) is 11.8 Å². The molecular weight excluding hydrogens is 450 g/mol. The van der Waals surface area contributed by atoms with E-state index in [9.17, 15) is 13.9 Å². The van der Waals surface area contributed by atoms with E-state index in [1.807, 2.05) is 17.8 Å². The number of nitrogens with zero attached hydrogens (tertiary/aromatic N) is 5. The molecule has 0 bridgehead atoms. The zero-order chi connectivity index (χ0) is 24.7. The van der Waals surface area contributed by atoms with E-state index in [1.54, 1.807) is 32.4 Å². The lowest BCUT2D eigenvalue weighted by atomic mass is 9.95. The molecule has 3 aromatic heterocycles. The molecule has 0 unspecified atom stereocenters. The van der Waals surface area contributed by atoms with Crippen LogP contribution < -0.4 is 4.90 Å². The number of fused-ring (bicyclic) bond motifs is 1. The van der Waals surface area contributed by atoms with E-state index in [0.29, 0.717) is 16.9 Å². The number of aryl methyl sites for hydroxylation is 1. The molecule has 5 rings (SSSR count). The Morgan fingerprint density at radius 2 is 1.91 bits per heavy atom. The number of halogens is 2. The van der Waals surface area contributed by atoms with E-state index in [2.05, 4.69) is 31.7 Å². The molecule has 0 amide bonds. The Labute approximate surface area is 201 Å². The first kappa shape index (κ1) is 23.0. The van der Waals surface area contributed by atoms with Crippen LogP contribution in [0.3, 0.4) is 0 Å². The zero-order valence-corrected chi connectivity index (χ0v) is 19.8. The average molecular weight is 477 g/mol. The zero-order valence-electron chi connectivity index (χ0n) is 19.8. The number of hydrogen-bond acceptors (Lipinski definition) is 5. The van der Waals surface area contributed by atoms with E-state index in [-0.39, 0.29) is 5.92 Å². The largest absolute Gasteiger partial charge is 0.378 e. The summed E-state index contributed by atoms with van der Waals surface area (Å²) >= 11 is 0. The molecule has 0 aliphatic carbocycles. The topological polar surface area (TPSA) is 82.9 Å². The standard InChI is InChI=1S/C26H26F2N6O/c1-26(2,35)9-6-18-13-29-23-22(18)25(31-15-30-23)34-10-7-16(8-11-34)24-32-21(14-33(24)3)17-4-5-19(27)20(28)12-17/h4-5,12-16,35H,7-8,10-11H2,1-3H3,(H,29,30,31). The highest BCUT2D eigenvalue weighted by Gasteiger charge is 2.27. The molecule has 1 aliphatic heterocycles. The molecule has 9 heteroatoms. The van der Waals surface area contributed by atoms with Crippen molar-refractivity contribution in [3.8, 4) is 23.1 Å². The van der Waals surface area contributed by atoms with Gasteiger partial charge in [0.05, 0.1) is 16.6 Å². The Hall–Kier alpha value is -3.77. The summed E-state index contributed by atoms with van der Waals surface area (Å²) in [4.78, 5) is 19.0. The maximum atomic E-state index is 13.7. The number of imidazole rings is 1. The summed E-state index contributed by atoms with van der Waals surface area (Å²) in [5.74, 6) is 6.14. The SMILES string of the molecule is Cn1cc(-c2ccc(F)c(F)c2)nc1C1CCN(c2ncnc3[nH]cc(C#CC(C)(C)O)c23)CC1. The number of aliphatic hydroxyl groups is 1. The van der Waals surface area contributed by atoms with Gasteiger partial charge in [-0.05, 0) is 44.9 Å². The van der Waals surface area contributed by atoms with Gasteiger partial charge in [0, 0.05) is 44.0 Å². The lowest BCUT2D eigenvalue weighted by molar-refractivity contribution is 0.143. The Morgan fingerprint density at radius 1 is 1.14 bits per heavy atom. The summed E-state index contributed by atoms with van der Waals surface area (Å²) in [5.41, 5.74) is 1.54. The maximum Gasteiger partial charge on any atom is 0.159 e. The third-order valence-electron chi connectivity index (χ3n) is 6.24. The number of benzene rings is 1. The van der Waals surface area contributed by atoms with Crippen LogP contribution in [0.5, 0.6) is 0 Å². The summed E-state index contributed by atoms with van der Waals surface area (Å²) in [6.07, 6.45) is 6.92. The van der Waals surface area contributed by atoms with Crippen molar-refractivity contribution in [3.63, 3.8) is 0 Å². The molecule has 1 aliphatic rings. The van der Waals surface area contributed by atoms with E-state index in [1.165, 1.54) is 6.07 Å². The van der Waals surface area contributed by atoms with Gasteiger partial charge in [-0.3, -0.25) is 0 Å². The molecular formula is C26H26F2N6O. The minimum absolute atomic E-state index is 0.230. The molecule has 7 nitrogen and oxygen atoms in total. The van der Waals surface area contributed by atoms with E-state index < -0.39 is 17.2 Å². The van der Waals surface area contributed by atoms with Crippen molar-refractivity contribution in [1.82, 2.24) is 24.5 Å². The minimum atomic E-state index is -1.10. The fraction of sp³-hybridized carbons (Fsp3) is 0.346. The van der Waals surface area contributed by atoms with Crippen LogP contribution in [-0.4, -0.2) is 48.3 Å². The first-order valence-electron chi connectivity index (χ1n) is 11.5. The second kappa shape index (κ2) is 8.78. The third kappa shape index (κ3) is 4.62. The van der Waals surface area contributed by atoms with Crippen LogP contribution in [0.4, 0.5) is 14.6 Å². The van der Waals surface area contributed by atoms with Crippen LogP contribution in [0.15, 0.2) is 36.9 Å². The van der Waals surface area contributed by atoms with Crippen LogP contribution >= 0.6 is 0 Å². The molecule has 0 saturated carbocycles. The highest BCUT2D eigenvalue weighted by molar-refractivity contribution is 5.93. The summed E-state index contributed by atoms with van der Waals surface area (Å²) in [5, 5.41) is 10.8. The van der Waals surface area contributed by atoms with E-state index >= 15 is 0 Å². The highest BCUT2D eigenvalue weighted by Crippen LogP contribution is 2.34. The van der Waals surface area contributed by atoms with Crippen LogP contribution in [0.1, 0.15) is 44.0 Å². The van der Waals surface area contributed by atoms with Crippen molar-refractivity contribution >= 4 is 16.9 Å². The summed E-state index contributed by atoms with van der Waals surface area (Å²) in [6, 6.07) is 3.85. The average Bonchev–Trinajstić information content (AvgIpc) is 3.42. The molecule has 0 spiro atoms. The van der Waals surface area contributed by atoms with Crippen molar-refractivity contribution < 1.29 is 13.9 Å². The normalized spacial score (nSPS) is 14.9. The lowest BCUT2D eigenvalue weighted by Crippen LogP contribution is -2.34. The number of piperidine rings is 1. The Kier molecular flexibility index (Phi) is 5.77. The van der Waals surface area contributed by atoms with E-state index in [0.717, 1.165) is 54.6 Å². The molecule has 4 aromatic rings. The summed E-state index contributed by atoms with van der Waals surface area (Å²) in [7, 11) is 1.93. The molecule has 1 fully saturated rings. The molecule has 180 valence electrons. The maximum absolute atomic E-state index is 13.7. The van der Waals surface area contributed by atoms with Crippen molar-refractivity contribution in [3.05, 3.63) is 59.9 Å². The number of anilines is 1. The second-order valence-corrected chi connectivity index (χ2v) is 9.42. The smallest absolute Gasteiger partial charge is 0.159 e. The van der Waals surface area contributed by atoms with Gasteiger partial charge in [-0.15, -0.1) is 0 Å². The van der Waals surface area contributed by atoms with Gasteiger partial charge >= 0.3 is 0 Å². The number of hydrogen-bond donors (Lipinski definition) is 2. The Bertz CT molecular complexity index is 1450. The van der Waals surface area contributed by atoms with Gasteiger partial charge in [0.2, 0.25) is 0 Å². The lowest BCUT2D eigenvalue weighted by Gasteiger charge is -2.32. The highest BCUT2D eigenvalue weighted by atomic mass is 19.2. The Morgan fingerprint density at radius 3 is 2.63 bits per heavy atom. The number of aromatic nitrogens is 5. The predicted molar refractivity (Wildman–Crippen MR) is 130 cm³/mol. The number of H-pyrrole nitrogens is 1. The van der Waals surface area contributed by atoms with Crippen LogP contribution in [0.2, 0.25) is 0 Å². The molecule has 1 aromatic carbocycles. The summed E-state index contributed by atoms with van der Waals surface area (Å²) < 4.78 is 29.0. The molecule has 35 heavy (non-hydrogen) atoms. The van der Waals surface area contributed by atoms with Crippen molar-refractivity contribution in [2.45, 2.75) is 38.2 Å². The van der Waals surface area contributed by atoms with Gasteiger partial charge < -0.3 is 19.6 Å². The van der Waals surface area contributed by atoms with Gasteiger partial charge in [-0.25, -0.2) is 23.7 Å². The summed E-state index contributed by atoms with van der Waals surface area (Å²) in [6.45, 7) is 4.83. The van der Waals surface area contributed by atoms with E-state index in [4.69, 9.17) is 4.98 Å². The van der Waals surface area contributed by atoms with Crippen LogP contribution in [0, 0.1) is 23.5 Å². The molecule has 2 N–H and O–H groups in total. The van der Waals surface area contributed by atoms with Crippen molar-refractivity contribution in [1.29, 1.82) is 0 Å². The first-order valence-corrected chi connectivity index (χ1v) is 11.5. The molecule has 1 saturated heterocycles. The monoisotopic (exact) mass is 476 g/mol. The minimum Gasteiger partial charge on any atom is -0.378 e. The van der Waals surface area contributed by atoms with Gasteiger partial charge in [0.25, 0.3) is 0 Å². The number of rotatable bonds is 3. The third-order valence-corrected chi connectivity index (χ3v) is 6.24. The first-order chi connectivity index (χ1) is 16.7. The van der Waals surface area contributed by atoms with Gasteiger partial charge in [0.15, 0.2) is 11.6 Å². The van der Waals surface area contributed by atoms with Gasteiger partial charge in [0.1, 0.15) is 29.2 Å². The van der Waals surface area contributed by atoms with Gasteiger partial charge in [-0.2, -0.15) is 0 Å². The second-order valence-electron chi connectivity index (χ2n) is 9.42. The number of aromatic amines is 1. The van der Waals surface area contributed by atoms with Crippen LogP contribution in [0.25, 0.3) is 22.3 Å². The fourth-order valence-corrected chi connectivity index (χ4v) is 4.51. The molecule has 4 heterocycles. The van der Waals surface area contributed by atoms with Crippen molar-refractivity contribution in [2.75, 3.05) is 18.0 Å². The predicted octanol–water partition coefficient (Wildman–Crippen LogP) is 4.14. The quantitative estimate of drug-likeness (QED) is 0.434. The molecule has 0 radical (unpaired) electrons. The van der Waals surface area contributed by atoms with Crippen LogP contribution in [-0.2, 0) is 7.05 Å². The Balaban J connectivity index is 1.37. The number of nitrogens with one attached hydrogen (secondary N) is 1. The fourth-order valence-electron chi connectivity index (χ4n) is 4.51. The van der Waals surface area contributed by atoms with Crippen molar-refractivity contribution in [2.24, 2.45) is 7.05 Å².